The summed E-state index contributed by atoms with van der Waals surface area (Å²) < 4.78 is 0. The summed E-state index contributed by atoms with van der Waals surface area (Å²) in [6, 6.07) is 8.54. The third-order valence-electron chi connectivity index (χ3n) is 2.46. The lowest BCUT2D eigenvalue weighted by Crippen LogP contribution is -2.32. The zero-order valence-corrected chi connectivity index (χ0v) is 13.3. The quantitative estimate of drug-likeness (QED) is 0.259. The van der Waals surface area contributed by atoms with Crippen molar-refractivity contribution in [3.63, 3.8) is 0 Å². The highest BCUT2D eigenvalue weighted by molar-refractivity contribution is 5.73. The van der Waals surface area contributed by atoms with E-state index in [2.05, 4.69) is 0 Å². The zero-order chi connectivity index (χ0) is 19.0. The molecule has 0 heterocycles. The third-order valence-corrected chi connectivity index (χ3v) is 2.46. The summed E-state index contributed by atoms with van der Waals surface area (Å²) in [6.45, 7) is -1.46. The first-order valence-corrected chi connectivity index (χ1v) is 7.14. The molecule has 0 amide bonds. The molecule has 9 nitrogen and oxygen atoms in total. The van der Waals surface area contributed by atoms with Gasteiger partial charge in [0.25, 0.3) is 0 Å². The number of carboxylic acid groups (broad SMARTS) is 1. The van der Waals surface area contributed by atoms with E-state index in [1.807, 2.05) is 30.3 Å². The number of hydrogen-bond donors (Lipinski definition) is 8. The predicted molar refractivity (Wildman–Crippen MR) is 86.1 cm³/mol. The Morgan fingerprint density at radius 3 is 1.50 bits per heavy atom. The van der Waals surface area contributed by atoms with Gasteiger partial charge in [0.1, 0.15) is 18.2 Å². The van der Waals surface area contributed by atoms with Crippen LogP contribution in [0.3, 0.4) is 0 Å². The highest BCUT2D eigenvalue weighted by atomic mass is 16.4. The van der Waals surface area contributed by atoms with Crippen molar-refractivity contribution in [2.75, 3.05) is 26.4 Å². The lowest BCUT2D eigenvalue weighted by Gasteiger charge is -2.04. The first kappa shape index (κ1) is 24.7. The van der Waals surface area contributed by atoms with Gasteiger partial charge in [0.05, 0.1) is 26.4 Å². The van der Waals surface area contributed by atoms with Gasteiger partial charge in [0.2, 0.25) is 0 Å². The van der Waals surface area contributed by atoms with Crippen LogP contribution in [0.15, 0.2) is 30.3 Å². The molecule has 1 atom stereocenters. The minimum Gasteiger partial charge on any atom is -0.480 e. The molecular weight excluding hydrogens is 322 g/mol. The van der Waals surface area contributed by atoms with Crippen LogP contribution in [0.2, 0.25) is 0 Å². The van der Waals surface area contributed by atoms with Crippen molar-refractivity contribution < 1.29 is 40.5 Å². The Bertz CT molecular complexity index is 386. The summed E-state index contributed by atoms with van der Waals surface area (Å²) in [7, 11) is 0. The van der Waals surface area contributed by atoms with Crippen LogP contribution in [0.1, 0.15) is 5.56 Å². The molecule has 0 fully saturated rings. The van der Waals surface area contributed by atoms with E-state index in [0.717, 1.165) is 5.56 Å². The Hall–Kier alpha value is -1.59. The van der Waals surface area contributed by atoms with Crippen LogP contribution in [-0.4, -0.2) is 86.4 Å². The summed E-state index contributed by atoms with van der Waals surface area (Å²) in [5, 5.41) is 56.6. The fourth-order valence-electron chi connectivity index (χ4n) is 1.07. The van der Waals surface area contributed by atoms with Crippen LogP contribution < -0.4 is 5.73 Å². The molecule has 0 aliphatic carbocycles. The molecule has 9 N–H and O–H groups in total. The van der Waals surface area contributed by atoms with E-state index >= 15 is 0 Å². The number of rotatable bonds is 7. The second kappa shape index (κ2) is 16.3. The Balaban J connectivity index is 0. The van der Waals surface area contributed by atoms with Gasteiger partial charge in [-0.25, -0.2) is 0 Å². The molecule has 1 aromatic carbocycles. The monoisotopic (exact) mass is 349 g/mol. The maximum atomic E-state index is 10.4. The average Bonchev–Trinajstić information content (AvgIpc) is 2.62. The van der Waals surface area contributed by atoms with Gasteiger partial charge < -0.3 is 41.5 Å². The van der Waals surface area contributed by atoms with Gasteiger partial charge >= 0.3 is 5.97 Å². The molecule has 0 spiro atoms. The van der Waals surface area contributed by atoms with Crippen molar-refractivity contribution in [3.05, 3.63) is 35.9 Å². The lowest BCUT2D eigenvalue weighted by atomic mass is 10.1. The molecule has 0 saturated carbocycles. The first-order valence-electron chi connectivity index (χ1n) is 7.14. The van der Waals surface area contributed by atoms with Crippen molar-refractivity contribution in [2.24, 2.45) is 5.73 Å². The van der Waals surface area contributed by atoms with E-state index in [9.17, 15) is 4.79 Å². The predicted octanol–water partition coefficient (Wildman–Crippen LogP) is -2.70. The van der Waals surface area contributed by atoms with Crippen molar-refractivity contribution in [3.8, 4) is 0 Å². The molecule has 0 aliphatic rings. The normalized spacial score (nSPS) is 11.2. The maximum absolute atomic E-state index is 10.4. The average molecular weight is 349 g/mol. The Kier molecular flexibility index (Phi) is 16.7. The van der Waals surface area contributed by atoms with E-state index in [-0.39, 0.29) is 26.4 Å². The highest BCUT2D eigenvalue weighted by Gasteiger charge is 2.10. The van der Waals surface area contributed by atoms with Crippen molar-refractivity contribution in [1.29, 1.82) is 0 Å². The van der Waals surface area contributed by atoms with Crippen LogP contribution >= 0.6 is 0 Å². The molecule has 0 aromatic heterocycles. The van der Waals surface area contributed by atoms with Crippen LogP contribution in [0, 0.1) is 0 Å². The molecule has 140 valence electrons. The summed E-state index contributed by atoms with van der Waals surface area (Å²) >= 11 is 0. The second-order valence-electron chi connectivity index (χ2n) is 4.67. The van der Waals surface area contributed by atoms with Crippen LogP contribution in [-0.2, 0) is 11.2 Å². The van der Waals surface area contributed by atoms with Crippen LogP contribution in [0.5, 0.6) is 0 Å². The lowest BCUT2D eigenvalue weighted by molar-refractivity contribution is -0.138. The topological polar surface area (TPSA) is 185 Å². The molecule has 0 bridgehead atoms. The number of benzene rings is 1. The van der Waals surface area contributed by atoms with Gasteiger partial charge in [-0.05, 0) is 12.0 Å². The number of aliphatic carboxylic acids is 1. The van der Waals surface area contributed by atoms with E-state index in [1.54, 1.807) is 0 Å². The minimum atomic E-state index is -0.959. The van der Waals surface area contributed by atoms with Crippen molar-refractivity contribution in [2.45, 2.75) is 24.7 Å². The largest absolute Gasteiger partial charge is 0.480 e. The van der Waals surface area contributed by atoms with E-state index in [4.69, 9.17) is 41.5 Å². The van der Waals surface area contributed by atoms with Gasteiger partial charge in [-0.3, -0.25) is 4.79 Å². The van der Waals surface area contributed by atoms with Gasteiger partial charge in [0, 0.05) is 0 Å². The van der Waals surface area contributed by atoms with Crippen molar-refractivity contribution >= 4 is 5.97 Å². The Morgan fingerprint density at radius 1 is 0.875 bits per heavy atom. The van der Waals surface area contributed by atoms with Gasteiger partial charge in [-0.2, -0.15) is 0 Å². The number of nitrogens with two attached hydrogens (primary N) is 1. The molecule has 1 rings (SSSR count). The highest BCUT2D eigenvalue weighted by Crippen LogP contribution is 2.01. The molecule has 9 heteroatoms. The SMILES string of the molecule is N[C@@H](Cc1ccccc1)C(=O)O.OCC(O)CO.OCC(O)CO. The summed E-state index contributed by atoms with van der Waals surface area (Å²) in [5.41, 5.74) is 6.30. The standard InChI is InChI=1S/C9H11NO2.2C3H8O3/c10-8(9(11)12)6-7-4-2-1-3-5-7;2*4-1-3(6)2-5/h1-5,8H,6,10H2,(H,11,12);2*3-6H,1-2H2/t8-;;/m0../s1. The first-order chi connectivity index (χ1) is 11.3. The molecule has 0 unspecified atom stereocenters. The molecule has 24 heavy (non-hydrogen) atoms. The smallest absolute Gasteiger partial charge is 0.320 e. The molecule has 0 aliphatic heterocycles. The molecule has 0 radical (unpaired) electrons. The minimum absolute atomic E-state index is 0.365. The maximum Gasteiger partial charge on any atom is 0.320 e. The van der Waals surface area contributed by atoms with Gasteiger partial charge in [0.15, 0.2) is 0 Å². The number of carboxylic acids is 1. The third kappa shape index (κ3) is 15.3. The number of hydrogen-bond acceptors (Lipinski definition) is 8. The van der Waals surface area contributed by atoms with Gasteiger partial charge in [-0.1, -0.05) is 30.3 Å². The van der Waals surface area contributed by atoms with Gasteiger partial charge in [-0.15, -0.1) is 0 Å². The van der Waals surface area contributed by atoms with Crippen LogP contribution in [0.25, 0.3) is 0 Å². The Labute approximate surface area is 140 Å². The molecule has 1 aromatic rings. The summed E-state index contributed by atoms with van der Waals surface area (Å²) in [5.74, 6) is -0.959. The van der Waals surface area contributed by atoms with E-state index < -0.39 is 24.2 Å². The summed E-state index contributed by atoms with van der Waals surface area (Å²) in [4.78, 5) is 10.4. The van der Waals surface area contributed by atoms with E-state index in [1.165, 1.54) is 0 Å². The fraction of sp³-hybridized carbons (Fsp3) is 0.533. The number of aliphatic hydroxyl groups is 6. The van der Waals surface area contributed by atoms with Crippen molar-refractivity contribution in [1.82, 2.24) is 0 Å². The number of carbonyl (C=O) groups is 1. The number of aliphatic hydroxyl groups excluding tert-OH is 6. The molecular formula is C15H27NO8. The Morgan fingerprint density at radius 2 is 1.25 bits per heavy atom. The zero-order valence-electron chi connectivity index (χ0n) is 13.3. The molecule has 0 saturated heterocycles. The van der Waals surface area contributed by atoms with Crippen LogP contribution in [0.4, 0.5) is 0 Å². The summed E-state index contributed by atoms with van der Waals surface area (Å²) in [6.07, 6.45) is -1.52. The fourth-order valence-corrected chi connectivity index (χ4v) is 1.07. The second-order valence-corrected chi connectivity index (χ2v) is 4.67. The van der Waals surface area contributed by atoms with E-state index in [0.29, 0.717) is 6.42 Å².